The lowest BCUT2D eigenvalue weighted by atomic mass is 9.95. The summed E-state index contributed by atoms with van der Waals surface area (Å²) in [5.41, 5.74) is 10.2. The zero-order chi connectivity index (χ0) is 13.9. The summed E-state index contributed by atoms with van der Waals surface area (Å²) in [4.78, 5) is 4.64. The van der Waals surface area contributed by atoms with Gasteiger partial charge in [0.1, 0.15) is 11.9 Å². The number of nitrogen functional groups attached to an aromatic ring is 1. The zero-order valence-electron chi connectivity index (χ0n) is 11.2. The summed E-state index contributed by atoms with van der Waals surface area (Å²) >= 11 is 0. The highest BCUT2D eigenvalue weighted by atomic mass is 15.0. The Morgan fingerprint density at radius 1 is 1.15 bits per heavy atom. The second kappa shape index (κ2) is 5.22. The minimum atomic E-state index is 0.600. The lowest BCUT2D eigenvalue weighted by Crippen LogP contribution is -2.08. The van der Waals surface area contributed by atoms with Gasteiger partial charge >= 0.3 is 0 Å². The van der Waals surface area contributed by atoms with Crippen LogP contribution in [0.3, 0.4) is 0 Å². The molecule has 0 spiro atoms. The minimum absolute atomic E-state index is 0.600. The summed E-state index contributed by atoms with van der Waals surface area (Å²) in [6.07, 6.45) is 4.38. The van der Waals surface area contributed by atoms with E-state index in [2.05, 4.69) is 16.4 Å². The maximum atomic E-state index is 9.29. The molecule has 0 saturated heterocycles. The molecule has 0 bridgehead atoms. The van der Waals surface area contributed by atoms with Crippen LogP contribution >= 0.6 is 0 Å². The van der Waals surface area contributed by atoms with Gasteiger partial charge < -0.3 is 11.1 Å². The van der Waals surface area contributed by atoms with Crippen molar-refractivity contribution in [1.82, 2.24) is 4.98 Å². The van der Waals surface area contributed by atoms with Gasteiger partial charge in [-0.05, 0) is 61.6 Å². The molecule has 0 aliphatic heterocycles. The molecular formula is C16H16N4. The number of benzene rings is 1. The molecule has 4 heteroatoms. The molecule has 100 valence electrons. The van der Waals surface area contributed by atoms with Crippen LogP contribution in [0.2, 0.25) is 0 Å². The van der Waals surface area contributed by atoms with Crippen molar-refractivity contribution >= 4 is 17.2 Å². The van der Waals surface area contributed by atoms with Crippen LogP contribution in [0.4, 0.5) is 17.2 Å². The van der Waals surface area contributed by atoms with Gasteiger partial charge in [0.2, 0.25) is 0 Å². The van der Waals surface area contributed by atoms with Crippen molar-refractivity contribution in [2.24, 2.45) is 0 Å². The van der Waals surface area contributed by atoms with Crippen LogP contribution in [0.25, 0.3) is 0 Å². The maximum absolute atomic E-state index is 9.29. The van der Waals surface area contributed by atoms with Gasteiger partial charge in [-0.3, -0.25) is 0 Å². The average molecular weight is 264 g/mol. The van der Waals surface area contributed by atoms with Crippen molar-refractivity contribution in [3.05, 3.63) is 47.2 Å². The number of nitrogens with zero attached hydrogens (tertiary/aromatic N) is 2. The molecule has 2 aromatic rings. The number of fused-ring (bicyclic) bond motifs is 1. The fourth-order valence-corrected chi connectivity index (χ4v) is 2.52. The van der Waals surface area contributed by atoms with E-state index in [9.17, 15) is 5.26 Å². The summed E-state index contributed by atoms with van der Waals surface area (Å²) in [5.74, 6) is 0.637. The van der Waals surface area contributed by atoms with Crippen LogP contribution in [-0.2, 0) is 12.8 Å². The first-order valence-corrected chi connectivity index (χ1v) is 6.82. The number of nitrogens with one attached hydrogen (secondary N) is 1. The van der Waals surface area contributed by atoms with E-state index in [-0.39, 0.29) is 0 Å². The molecule has 0 saturated carbocycles. The third-order valence-corrected chi connectivity index (χ3v) is 3.59. The molecule has 1 aliphatic rings. The maximum Gasteiger partial charge on any atom is 0.148 e. The van der Waals surface area contributed by atoms with E-state index in [1.165, 1.54) is 18.4 Å². The first-order valence-electron chi connectivity index (χ1n) is 6.82. The fraction of sp³-hybridized carbons (Fsp3) is 0.250. The molecule has 3 rings (SSSR count). The molecular weight excluding hydrogens is 248 g/mol. The monoisotopic (exact) mass is 264 g/mol. The number of aromatic nitrogens is 1. The van der Waals surface area contributed by atoms with Gasteiger partial charge in [-0.25, -0.2) is 4.98 Å². The number of anilines is 3. The molecule has 1 heterocycles. The van der Waals surface area contributed by atoms with Crippen molar-refractivity contribution in [1.29, 1.82) is 5.26 Å². The molecule has 1 aromatic carbocycles. The number of rotatable bonds is 2. The van der Waals surface area contributed by atoms with E-state index in [0.29, 0.717) is 11.4 Å². The summed E-state index contributed by atoms with van der Waals surface area (Å²) in [6, 6.07) is 11.6. The highest BCUT2D eigenvalue weighted by Crippen LogP contribution is 2.26. The summed E-state index contributed by atoms with van der Waals surface area (Å²) in [5, 5.41) is 12.5. The Kier molecular flexibility index (Phi) is 3.26. The Labute approximate surface area is 118 Å². The van der Waals surface area contributed by atoms with Gasteiger partial charge in [0.05, 0.1) is 5.56 Å². The lowest BCUT2D eigenvalue weighted by Gasteiger charge is -2.17. The Hall–Kier alpha value is -2.54. The number of aryl methyl sites for hydroxylation is 2. The van der Waals surface area contributed by atoms with Crippen LogP contribution in [-0.4, -0.2) is 4.98 Å². The summed E-state index contributed by atoms with van der Waals surface area (Å²) < 4.78 is 0. The van der Waals surface area contributed by atoms with E-state index in [1.54, 1.807) is 0 Å². The second-order valence-electron chi connectivity index (χ2n) is 5.06. The van der Waals surface area contributed by atoms with Crippen LogP contribution in [0.1, 0.15) is 29.7 Å². The molecule has 1 aromatic heterocycles. The molecule has 0 unspecified atom stereocenters. The topological polar surface area (TPSA) is 74.7 Å². The van der Waals surface area contributed by atoms with E-state index in [1.807, 2.05) is 30.3 Å². The standard InChI is InChI=1S/C16H16N4/c17-10-12-9-11-3-1-2-4-15(11)20-16(12)19-14-7-5-13(18)6-8-14/h5-9H,1-4,18H2,(H,19,20). The first-order chi connectivity index (χ1) is 9.76. The third kappa shape index (κ3) is 2.43. The van der Waals surface area contributed by atoms with Crippen molar-refractivity contribution < 1.29 is 0 Å². The number of nitrogens with two attached hydrogens (primary N) is 1. The lowest BCUT2D eigenvalue weighted by molar-refractivity contribution is 0.668. The normalized spacial score (nSPS) is 13.3. The Morgan fingerprint density at radius 2 is 1.90 bits per heavy atom. The molecule has 4 nitrogen and oxygen atoms in total. The van der Waals surface area contributed by atoms with Gasteiger partial charge in [-0.15, -0.1) is 0 Å². The molecule has 0 fully saturated rings. The smallest absolute Gasteiger partial charge is 0.148 e. The predicted molar refractivity (Wildman–Crippen MR) is 79.7 cm³/mol. The number of hydrogen-bond donors (Lipinski definition) is 2. The van der Waals surface area contributed by atoms with E-state index < -0.39 is 0 Å². The van der Waals surface area contributed by atoms with Gasteiger partial charge in [-0.1, -0.05) is 0 Å². The quantitative estimate of drug-likeness (QED) is 0.817. The van der Waals surface area contributed by atoms with Crippen molar-refractivity contribution in [2.45, 2.75) is 25.7 Å². The average Bonchev–Trinajstić information content (AvgIpc) is 2.49. The third-order valence-electron chi connectivity index (χ3n) is 3.59. The molecule has 0 amide bonds. The van der Waals surface area contributed by atoms with Crippen molar-refractivity contribution in [2.75, 3.05) is 11.1 Å². The molecule has 0 radical (unpaired) electrons. The van der Waals surface area contributed by atoms with Gasteiger partial charge in [0, 0.05) is 17.1 Å². The fourth-order valence-electron chi connectivity index (χ4n) is 2.52. The number of nitriles is 1. The van der Waals surface area contributed by atoms with Crippen molar-refractivity contribution in [3.63, 3.8) is 0 Å². The van der Waals surface area contributed by atoms with E-state index >= 15 is 0 Å². The molecule has 1 aliphatic carbocycles. The number of pyridine rings is 1. The Bertz CT molecular complexity index is 668. The predicted octanol–water partition coefficient (Wildman–Crippen LogP) is 3.16. The zero-order valence-corrected chi connectivity index (χ0v) is 11.2. The SMILES string of the molecule is N#Cc1cc2c(nc1Nc1ccc(N)cc1)CCCC2. The van der Waals surface area contributed by atoms with Gasteiger partial charge in [0.25, 0.3) is 0 Å². The second-order valence-corrected chi connectivity index (χ2v) is 5.06. The van der Waals surface area contributed by atoms with Crippen LogP contribution in [0, 0.1) is 11.3 Å². The summed E-state index contributed by atoms with van der Waals surface area (Å²) in [7, 11) is 0. The van der Waals surface area contributed by atoms with Gasteiger partial charge in [0.15, 0.2) is 0 Å². The molecule has 3 N–H and O–H groups in total. The van der Waals surface area contributed by atoms with Crippen LogP contribution < -0.4 is 11.1 Å². The molecule has 0 atom stereocenters. The van der Waals surface area contributed by atoms with E-state index in [4.69, 9.17) is 5.73 Å². The first kappa shape index (κ1) is 12.5. The van der Waals surface area contributed by atoms with E-state index in [0.717, 1.165) is 29.9 Å². The number of hydrogen-bond acceptors (Lipinski definition) is 4. The largest absolute Gasteiger partial charge is 0.399 e. The summed E-state index contributed by atoms with van der Waals surface area (Å²) in [6.45, 7) is 0. The Balaban J connectivity index is 1.96. The van der Waals surface area contributed by atoms with Crippen LogP contribution in [0.5, 0.6) is 0 Å². The highest BCUT2D eigenvalue weighted by Gasteiger charge is 2.15. The van der Waals surface area contributed by atoms with Crippen LogP contribution in [0.15, 0.2) is 30.3 Å². The highest BCUT2D eigenvalue weighted by molar-refractivity contribution is 5.65. The minimum Gasteiger partial charge on any atom is -0.399 e. The van der Waals surface area contributed by atoms with Crippen molar-refractivity contribution in [3.8, 4) is 6.07 Å². The Morgan fingerprint density at radius 3 is 2.65 bits per heavy atom. The van der Waals surface area contributed by atoms with Gasteiger partial charge in [-0.2, -0.15) is 5.26 Å². The molecule has 20 heavy (non-hydrogen) atoms.